The summed E-state index contributed by atoms with van der Waals surface area (Å²) in [5.74, 6) is 1.85. The molecule has 0 amide bonds. The highest BCUT2D eigenvalue weighted by molar-refractivity contribution is 7.13. The zero-order chi connectivity index (χ0) is 11.8. The van der Waals surface area contributed by atoms with E-state index in [1.807, 2.05) is 11.4 Å². The molecule has 2 N–H and O–H groups in total. The van der Waals surface area contributed by atoms with Crippen molar-refractivity contribution in [3.8, 4) is 22.2 Å². The molecule has 0 atom stereocenters. The van der Waals surface area contributed by atoms with Crippen molar-refractivity contribution in [1.29, 1.82) is 0 Å². The Balaban J connectivity index is 2.11. The molecule has 3 aromatic rings. The van der Waals surface area contributed by atoms with Gasteiger partial charge in [-0.3, -0.25) is 0 Å². The molecule has 2 aromatic heterocycles. The number of ether oxygens (including phenoxy) is 1. The fraction of sp³-hybridized carbons (Fsp3) is 0.0833. The third-order valence-electron chi connectivity index (χ3n) is 2.51. The Kier molecular flexibility index (Phi) is 2.26. The minimum Gasteiger partial charge on any atom is -0.508 e. The summed E-state index contributed by atoms with van der Waals surface area (Å²) >= 11 is 1.57. The second kappa shape index (κ2) is 3.78. The van der Waals surface area contributed by atoms with E-state index in [1.54, 1.807) is 36.6 Å². The lowest BCUT2D eigenvalue weighted by Crippen LogP contribution is -1.77. The molecule has 1 aromatic carbocycles. The van der Waals surface area contributed by atoms with Crippen LogP contribution >= 0.6 is 11.3 Å². The Labute approximate surface area is 102 Å². The molecule has 0 saturated carbocycles. The smallest absolute Gasteiger partial charge is 0.148 e. The third-order valence-corrected chi connectivity index (χ3v) is 3.43. The van der Waals surface area contributed by atoms with Crippen molar-refractivity contribution in [2.45, 2.75) is 0 Å². The maximum absolute atomic E-state index is 9.39. The van der Waals surface area contributed by atoms with Crippen LogP contribution in [-0.4, -0.2) is 22.2 Å². The van der Waals surface area contributed by atoms with Gasteiger partial charge in [0.2, 0.25) is 0 Å². The van der Waals surface area contributed by atoms with Crippen LogP contribution in [0.2, 0.25) is 0 Å². The van der Waals surface area contributed by atoms with Gasteiger partial charge in [-0.2, -0.15) is 0 Å². The number of phenolic OH excluding ortho intramolecular Hbond substituents is 1. The van der Waals surface area contributed by atoms with Gasteiger partial charge >= 0.3 is 0 Å². The van der Waals surface area contributed by atoms with Gasteiger partial charge < -0.3 is 14.8 Å². The number of imidazole rings is 1. The van der Waals surface area contributed by atoms with E-state index >= 15 is 0 Å². The van der Waals surface area contributed by atoms with Crippen LogP contribution in [-0.2, 0) is 0 Å². The summed E-state index contributed by atoms with van der Waals surface area (Å²) in [4.78, 5) is 8.65. The lowest BCUT2D eigenvalue weighted by Gasteiger charge is -1.90. The van der Waals surface area contributed by atoms with Gasteiger partial charge in [-0.25, -0.2) is 4.98 Å². The highest BCUT2D eigenvalue weighted by Crippen LogP contribution is 2.30. The molecule has 0 spiro atoms. The van der Waals surface area contributed by atoms with Gasteiger partial charge in [0.1, 0.15) is 17.3 Å². The molecule has 0 radical (unpaired) electrons. The number of benzene rings is 1. The summed E-state index contributed by atoms with van der Waals surface area (Å²) in [6, 6.07) is 7.01. The Bertz CT molecular complexity index is 672. The molecule has 0 aliphatic carbocycles. The average Bonchev–Trinajstić information content (AvgIpc) is 2.93. The molecular formula is C12H10N2O2S. The van der Waals surface area contributed by atoms with Crippen LogP contribution in [0.3, 0.4) is 0 Å². The van der Waals surface area contributed by atoms with Gasteiger partial charge in [-0.05, 0) is 12.1 Å². The molecule has 0 aliphatic heterocycles. The monoisotopic (exact) mass is 246 g/mol. The van der Waals surface area contributed by atoms with Crippen molar-refractivity contribution in [2.75, 3.05) is 7.11 Å². The van der Waals surface area contributed by atoms with Crippen molar-refractivity contribution in [3.63, 3.8) is 0 Å². The summed E-state index contributed by atoms with van der Waals surface area (Å²) in [6.07, 6.45) is 0. The maximum Gasteiger partial charge on any atom is 0.148 e. The average molecular weight is 246 g/mol. The Morgan fingerprint density at radius 3 is 3.00 bits per heavy atom. The SMILES string of the molecule is COc1csc(-c2nc3ccc(O)cc3[nH]2)c1. The molecular weight excluding hydrogens is 236 g/mol. The van der Waals surface area contributed by atoms with E-state index < -0.39 is 0 Å². The number of aromatic nitrogens is 2. The fourth-order valence-electron chi connectivity index (χ4n) is 1.66. The number of fused-ring (bicyclic) bond motifs is 1. The van der Waals surface area contributed by atoms with Crippen LogP contribution in [0.15, 0.2) is 29.6 Å². The van der Waals surface area contributed by atoms with Crippen molar-refractivity contribution < 1.29 is 9.84 Å². The van der Waals surface area contributed by atoms with E-state index in [1.165, 1.54) is 0 Å². The first-order chi connectivity index (χ1) is 8.26. The third kappa shape index (κ3) is 1.74. The van der Waals surface area contributed by atoms with Gasteiger partial charge in [0.15, 0.2) is 0 Å². The Hall–Kier alpha value is -2.01. The van der Waals surface area contributed by atoms with Crippen molar-refractivity contribution in [1.82, 2.24) is 9.97 Å². The number of H-pyrrole nitrogens is 1. The molecule has 0 unspecified atom stereocenters. The highest BCUT2D eigenvalue weighted by Gasteiger charge is 2.08. The first kappa shape index (κ1) is 10.2. The first-order valence-electron chi connectivity index (χ1n) is 5.08. The van der Waals surface area contributed by atoms with E-state index in [-0.39, 0.29) is 5.75 Å². The molecule has 5 heteroatoms. The number of aromatic amines is 1. The molecule has 4 nitrogen and oxygen atoms in total. The number of rotatable bonds is 2. The molecule has 0 saturated heterocycles. The van der Waals surface area contributed by atoms with Crippen LogP contribution in [0.1, 0.15) is 0 Å². The topological polar surface area (TPSA) is 58.1 Å². The molecule has 0 bridgehead atoms. The first-order valence-corrected chi connectivity index (χ1v) is 5.96. The van der Waals surface area contributed by atoms with E-state index in [2.05, 4.69) is 9.97 Å². The second-order valence-electron chi connectivity index (χ2n) is 3.64. The van der Waals surface area contributed by atoms with Gasteiger partial charge in [0.25, 0.3) is 0 Å². The molecule has 17 heavy (non-hydrogen) atoms. The van der Waals surface area contributed by atoms with Gasteiger partial charge in [-0.15, -0.1) is 11.3 Å². The molecule has 86 valence electrons. The number of phenols is 1. The van der Waals surface area contributed by atoms with E-state index in [0.717, 1.165) is 27.5 Å². The lowest BCUT2D eigenvalue weighted by atomic mass is 10.3. The number of nitrogens with one attached hydrogen (secondary N) is 1. The van der Waals surface area contributed by atoms with E-state index in [4.69, 9.17) is 4.74 Å². The molecule has 2 heterocycles. The summed E-state index contributed by atoms with van der Waals surface area (Å²) in [5, 5.41) is 11.3. The van der Waals surface area contributed by atoms with Crippen LogP contribution in [0, 0.1) is 0 Å². The summed E-state index contributed by atoms with van der Waals surface area (Å²) < 4.78 is 5.14. The minimum atomic E-state index is 0.233. The van der Waals surface area contributed by atoms with Gasteiger partial charge in [0.05, 0.1) is 23.0 Å². The molecule has 0 fully saturated rings. The Morgan fingerprint density at radius 2 is 2.24 bits per heavy atom. The number of methoxy groups -OCH3 is 1. The number of hydrogen-bond donors (Lipinski definition) is 2. The van der Waals surface area contributed by atoms with Crippen LogP contribution < -0.4 is 4.74 Å². The predicted octanol–water partition coefficient (Wildman–Crippen LogP) is 3.01. The quantitative estimate of drug-likeness (QED) is 0.730. The second-order valence-corrected chi connectivity index (χ2v) is 4.55. The van der Waals surface area contributed by atoms with E-state index in [0.29, 0.717) is 0 Å². The number of hydrogen-bond acceptors (Lipinski definition) is 4. The predicted molar refractivity (Wildman–Crippen MR) is 67.6 cm³/mol. The van der Waals surface area contributed by atoms with Crippen molar-refractivity contribution in [2.24, 2.45) is 0 Å². The molecule has 3 rings (SSSR count). The summed E-state index contributed by atoms with van der Waals surface area (Å²) in [6.45, 7) is 0. The van der Waals surface area contributed by atoms with Crippen molar-refractivity contribution >= 4 is 22.4 Å². The van der Waals surface area contributed by atoms with Gasteiger partial charge in [-0.1, -0.05) is 0 Å². The largest absolute Gasteiger partial charge is 0.508 e. The van der Waals surface area contributed by atoms with Crippen LogP contribution in [0.5, 0.6) is 11.5 Å². The molecule has 0 aliphatic rings. The lowest BCUT2D eigenvalue weighted by molar-refractivity contribution is 0.417. The number of aromatic hydroxyl groups is 1. The number of thiophene rings is 1. The summed E-state index contributed by atoms with van der Waals surface area (Å²) in [5.41, 5.74) is 1.66. The van der Waals surface area contributed by atoms with Crippen LogP contribution in [0.25, 0.3) is 21.7 Å². The van der Waals surface area contributed by atoms with Crippen molar-refractivity contribution in [3.05, 3.63) is 29.6 Å². The minimum absolute atomic E-state index is 0.233. The maximum atomic E-state index is 9.39. The summed E-state index contributed by atoms with van der Waals surface area (Å²) in [7, 11) is 1.64. The Morgan fingerprint density at radius 1 is 1.35 bits per heavy atom. The zero-order valence-electron chi connectivity index (χ0n) is 9.10. The number of nitrogens with zero attached hydrogens (tertiary/aromatic N) is 1. The highest BCUT2D eigenvalue weighted by atomic mass is 32.1. The normalized spacial score (nSPS) is 10.9. The van der Waals surface area contributed by atoms with Crippen LogP contribution in [0.4, 0.5) is 0 Å². The fourth-order valence-corrected chi connectivity index (χ4v) is 2.46. The van der Waals surface area contributed by atoms with E-state index in [9.17, 15) is 5.11 Å². The van der Waals surface area contributed by atoms with Gasteiger partial charge in [0, 0.05) is 17.5 Å². The standard InChI is InChI=1S/C12H10N2O2S/c1-16-8-5-11(17-6-8)12-13-9-3-2-7(15)4-10(9)14-12/h2-6,15H,1H3,(H,13,14). The zero-order valence-corrected chi connectivity index (χ0v) is 9.91.